The highest BCUT2D eigenvalue weighted by Gasteiger charge is 2.42. The van der Waals surface area contributed by atoms with Crippen molar-refractivity contribution in [2.45, 2.75) is 12.1 Å². The van der Waals surface area contributed by atoms with Crippen LogP contribution in [0.4, 0.5) is 0 Å². The molecule has 2 saturated heterocycles. The molecule has 0 aliphatic carbocycles. The highest BCUT2D eigenvalue weighted by molar-refractivity contribution is 7.99. The molecular formula is C6H10N2OS. The van der Waals surface area contributed by atoms with Crippen LogP contribution in [0.15, 0.2) is 0 Å². The summed E-state index contributed by atoms with van der Waals surface area (Å²) in [4.78, 5) is 10.9. The molecule has 3 atom stereocenters. The van der Waals surface area contributed by atoms with Gasteiger partial charge >= 0.3 is 0 Å². The predicted molar refractivity (Wildman–Crippen MR) is 40.7 cm³/mol. The molecule has 1 amide bonds. The van der Waals surface area contributed by atoms with E-state index in [0.717, 1.165) is 11.5 Å². The van der Waals surface area contributed by atoms with Crippen LogP contribution < -0.4 is 11.1 Å². The maximum absolute atomic E-state index is 10.9. The van der Waals surface area contributed by atoms with Gasteiger partial charge in [-0.05, 0) is 0 Å². The van der Waals surface area contributed by atoms with E-state index in [4.69, 9.17) is 5.73 Å². The minimum Gasteiger partial charge on any atom is -0.351 e. The van der Waals surface area contributed by atoms with Crippen molar-refractivity contribution in [1.82, 2.24) is 5.32 Å². The van der Waals surface area contributed by atoms with Gasteiger partial charge in [-0.1, -0.05) is 0 Å². The van der Waals surface area contributed by atoms with Crippen LogP contribution >= 0.6 is 11.8 Å². The molecule has 2 aliphatic heterocycles. The maximum Gasteiger partial charge on any atom is 0.237 e. The molecule has 2 heterocycles. The topological polar surface area (TPSA) is 55.1 Å². The summed E-state index contributed by atoms with van der Waals surface area (Å²) in [7, 11) is 0. The molecule has 0 aromatic rings. The maximum atomic E-state index is 10.9. The molecule has 0 bridgehead atoms. The quantitative estimate of drug-likeness (QED) is 0.484. The largest absolute Gasteiger partial charge is 0.351 e. The zero-order chi connectivity index (χ0) is 7.14. The fraction of sp³-hybridized carbons (Fsp3) is 0.833. The summed E-state index contributed by atoms with van der Waals surface area (Å²) in [5.74, 6) is 2.53. The molecule has 0 aromatic heterocycles. The molecule has 3 N–H and O–H groups in total. The Hall–Kier alpha value is -0.220. The van der Waals surface area contributed by atoms with Gasteiger partial charge in [-0.15, -0.1) is 0 Å². The lowest BCUT2D eigenvalue weighted by Crippen LogP contribution is -2.34. The Morgan fingerprint density at radius 1 is 1.60 bits per heavy atom. The van der Waals surface area contributed by atoms with Crippen molar-refractivity contribution >= 4 is 17.7 Å². The Morgan fingerprint density at radius 3 is 3.10 bits per heavy atom. The van der Waals surface area contributed by atoms with Gasteiger partial charge in [0.1, 0.15) is 0 Å². The second-order valence-electron chi connectivity index (χ2n) is 2.84. The number of thioether (sulfide) groups is 1. The molecule has 0 saturated carbocycles. The van der Waals surface area contributed by atoms with Crippen LogP contribution in [0.3, 0.4) is 0 Å². The lowest BCUT2D eigenvalue weighted by atomic mass is 10.0. The summed E-state index contributed by atoms with van der Waals surface area (Å²) in [6, 6.07) is 0.132. The van der Waals surface area contributed by atoms with Crippen molar-refractivity contribution in [3.05, 3.63) is 0 Å². The zero-order valence-electron chi connectivity index (χ0n) is 5.54. The van der Waals surface area contributed by atoms with Crippen LogP contribution in [0.2, 0.25) is 0 Å². The van der Waals surface area contributed by atoms with Gasteiger partial charge < -0.3 is 11.1 Å². The molecule has 0 spiro atoms. The lowest BCUT2D eigenvalue weighted by molar-refractivity contribution is -0.120. The van der Waals surface area contributed by atoms with Gasteiger partial charge in [-0.3, -0.25) is 4.79 Å². The second-order valence-corrected chi connectivity index (χ2v) is 3.92. The van der Waals surface area contributed by atoms with E-state index >= 15 is 0 Å². The molecule has 2 aliphatic rings. The Balaban J connectivity index is 2.16. The first kappa shape index (κ1) is 6.49. The smallest absolute Gasteiger partial charge is 0.237 e. The minimum atomic E-state index is -0.236. The summed E-state index contributed by atoms with van der Waals surface area (Å²) in [6.07, 6.45) is 0. The first-order chi connectivity index (χ1) is 4.79. The molecule has 3 nitrogen and oxygen atoms in total. The van der Waals surface area contributed by atoms with Crippen molar-refractivity contribution in [1.29, 1.82) is 0 Å². The van der Waals surface area contributed by atoms with Crippen molar-refractivity contribution in [2.24, 2.45) is 11.7 Å². The average Bonchev–Trinajstić information content (AvgIpc) is 2.41. The van der Waals surface area contributed by atoms with Crippen LogP contribution in [0.25, 0.3) is 0 Å². The summed E-state index contributed by atoms with van der Waals surface area (Å²) in [6.45, 7) is 0. The first-order valence-corrected chi connectivity index (χ1v) is 4.58. The van der Waals surface area contributed by atoms with Crippen molar-refractivity contribution < 1.29 is 4.79 Å². The highest BCUT2D eigenvalue weighted by atomic mass is 32.2. The molecule has 2 rings (SSSR count). The number of nitrogens with two attached hydrogens (primary N) is 1. The third-order valence-electron chi connectivity index (χ3n) is 2.22. The summed E-state index contributed by atoms with van der Waals surface area (Å²) < 4.78 is 0. The summed E-state index contributed by atoms with van der Waals surface area (Å²) >= 11 is 1.88. The van der Waals surface area contributed by atoms with Gasteiger partial charge in [0.05, 0.1) is 6.04 Å². The standard InChI is InChI=1S/C6H10N2OS/c7-5-3-1-10-2-4(3)8-6(5)9/h3-5H,1-2,7H2,(H,8,9). The SMILES string of the molecule is NC1C(=O)NC2CSCC21. The Labute approximate surface area is 63.7 Å². The van der Waals surface area contributed by atoms with E-state index in [1.54, 1.807) is 0 Å². The summed E-state index contributed by atoms with van der Waals surface area (Å²) in [5, 5.41) is 2.88. The van der Waals surface area contributed by atoms with Crippen molar-refractivity contribution in [3.8, 4) is 0 Å². The van der Waals surface area contributed by atoms with E-state index in [1.165, 1.54) is 0 Å². The van der Waals surface area contributed by atoms with Gasteiger partial charge in [0.15, 0.2) is 0 Å². The number of carbonyl (C=O) groups excluding carboxylic acids is 1. The fourth-order valence-electron chi connectivity index (χ4n) is 1.55. The highest BCUT2D eigenvalue weighted by Crippen LogP contribution is 2.29. The average molecular weight is 158 g/mol. The molecule has 0 aromatic carbocycles. The van der Waals surface area contributed by atoms with Crippen LogP contribution in [0.1, 0.15) is 0 Å². The van der Waals surface area contributed by atoms with E-state index in [2.05, 4.69) is 5.32 Å². The van der Waals surface area contributed by atoms with Crippen LogP contribution in [0, 0.1) is 5.92 Å². The molecule has 3 unspecified atom stereocenters. The Kier molecular flexibility index (Phi) is 1.38. The predicted octanol–water partition coefficient (Wildman–Crippen LogP) is -0.825. The second kappa shape index (κ2) is 2.13. The van der Waals surface area contributed by atoms with E-state index in [9.17, 15) is 4.79 Å². The first-order valence-electron chi connectivity index (χ1n) is 3.43. The van der Waals surface area contributed by atoms with E-state index in [1.807, 2.05) is 11.8 Å². The van der Waals surface area contributed by atoms with Gasteiger partial charge in [0.2, 0.25) is 5.91 Å². The van der Waals surface area contributed by atoms with Crippen molar-refractivity contribution in [2.75, 3.05) is 11.5 Å². The Morgan fingerprint density at radius 2 is 2.40 bits per heavy atom. The van der Waals surface area contributed by atoms with Gasteiger partial charge in [-0.25, -0.2) is 0 Å². The molecule has 0 radical (unpaired) electrons. The van der Waals surface area contributed by atoms with E-state index in [0.29, 0.717) is 12.0 Å². The number of amides is 1. The van der Waals surface area contributed by atoms with Gasteiger partial charge in [0, 0.05) is 23.5 Å². The molecule has 10 heavy (non-hydrogen) atoms. The number of hydrogen-bond acceptors (Lipinski definition) is 3. The molecule has 56 valence electrons. The monoisotopic (exact) mass is 158 g/mol. The summed E-state index contributed by atoms with van der Waals surface area (Å²) in [5.41, 5.74) is 5.64. The van der Waals surface area contributed by atoms with Gasteiger partial charge in [0.25, 0.3) is 0 Å². The molecule has 2 fully saturated rings. The zero-order valence-corrected chi connectivity index (χ0v) is 6.36. The minimum absolute atomic E-state index is 0.0373. The van der Waals surface area contributed by atoms with E-state index < -0.39 is 0 Å². The van der Waals surface area contributed by atoms with E-state index in [-0.39, 0.29) is 11.9 Å². The third kappa shape index (κ3) is 0.754. The molecular weight excluding hydrogens is 148 g/mol. The van der Waals surface area contributed by atoms with Crippen LogP contribution in [0.5, 0.6) is 0 Å². The normalized spacial score (nSPS) is 45.3. The number of carbonyl (C=O) groups is 1. The molecule has 4 heteroatoms. The number of hydrogen-bond donors (Lipinski definition) is 2. The Bertz CT molecular complexity index is 173. The van der Waals surface area contributed by atoms with Gasteiger partial charge in [-0.2, -0.15) is 11.8 Å². The van der Waals surface area contributed by atoms with Crippen molar-refractivity contribution in [3.63, 3.8) is 0 Å². The van der Waals surface area contributed by atoms with Crippen LogP contribution in [-0.2, 0) is 4.79 Å². The number of nitrogens with one attached hydrogen (secondary N) is 1. The lowest BCUT2D eigenvalue weighted by Gasteiger charge is -2.07. The number of rotatable bonds is 0. The number of fused-ring (bicyclic) bond motifs is 1. The third-order valence-corrected chi connectivity index (χ3v) is 3.43. The fourth-order valence-corrected chi connectivity index (χ4v) is 2.98. The van der Waals surface area contributed by atoms with Crippen LogP contribution in [-0.4, -0.2) is 29.5 Å².